The summed E-state index contributed by atoms with van der Waals surface area (Å²) in [6.07, 6.45) is 1.31. The van der Waals surface area contributed by atoms with Crippen molar-refractivity contribution in [3.8, 4) is 11.5 Å². The van der Waals surface area contributed by atoms with Gasteiger partial charge in [-0.1, -0.05) is 29.3 Å². The van der Waals surface area contributed by atoms with Crippen LogP contribution in [0.3, 0.4) is 0 Å². The summed E-state index contributed by atoms with van der Waals surface area (Å²) in [6.45, 7) is 4.96. The van der Waals surface area contributed by atoms with Crippen molar-refractivity contribution < 1.29 is 33.3 Å². The van der Waals surface area contributed by atoms with Gasteiger partial charge in [-0.15, -0.1) is 0 Å². The Bertz CT molecular complexity index is 1070. The highest BCUT2D eigenvalue weighted by Gasteiger charge is 2.38. The van der Waals surface area contributed by atoms with Crippen LogP contribution in [0.1, 0.15) is 36.7 Å². The number of cyclic esters (lactones) is 2. The van der Waals surface area contributed by atoms with Crippen LogP contribution < -0.4 is 9.47 Å². The van der Waals surface area contributed by atoms with E-state index in [1.807, 2.05) is 0 Å². The lowest BCUT2D eigenvalue weighted by Crippen LogP contribution is -2.41. The van der Waals surface area contributed by atoms with E-state index < -0.39 is 23.7 Å². The molecule has 3 rings (SSSR count). The zero-order chi connectivity index (χ0) is 22.8. The fraction of sp³-hybridized carbons (Fsp3) is 0.227. The van der Waals surface area contributed by atoms with Gasteiger partial charge in [0.25, 0.3) is 5.79 Å². The van der Waals surface area contributed by atoms with Gasteiger partial charge in [0.05, 0.1) is 17.2 Å². The molecule has 2 aromatic rings. The third kappa shape index (κ3) is 5.37. The maximum atomic E-state index is 12.5. The molecule has 0 radical (unpaired) electrons. The average molecular weight is 465 g/mol. The van der Waals surface area contributed by atoms with Crippen molar-refractivity contribution >= 4 is 47.2 Å². The summed E-state index contributed by atoms with van der Waals surface area (Å²) in [4.78, 5) is 36.8. The fourth-order valence-corrected chi connectivity index (χ4v) is 3.21. The van der Waals surface area contributed by atoms with Crippen molar-refractivity contribution in [1.82, 2.24) is 0 Å². The molecule has 9 heteroatoms. The number of hydrogen-bond donors (Lipinski definition) is 0. The Kier molecular flexibility index (Phi) is 6.57. The number of rotatable bonds is 5. The Hall–Kier alpha value is -3.03. The Morgan fingerprint density at radius 2 is 1.71 bits per heavy atom. The first-order valence-corrected chi connectivity index (χ1v) is 9.97. The van der Waals surface area contributed by atoms with Crippen LogP contribution in [0.25, 0.3) is 6.08 Å². The molecular formula is C22H18Cl2O7. The summed E-state index contributed by atoms with van der Waals surface area (Å²) in [5, 5.41) is 0.533. The van der Waals surface area contributed by atoms with Gasteiger partial charge in [0.2, 0.25) is 0 Å². The largest absolute Gasteiger partial charge is 0.490 e. The zero-order valence-corrected chi connectivity index (χ0v) is 18.4. The molecule has 0 bridgehead atoms. The molecule has 0 amide bonds. The minimum atomic E-state index is -1.33. The second-order valence-electron chi connectivity index (χ2n) is 6.89. The van der Waals surface area contributed by atoms with Gasteiger partial charge in [0.15, 0.2) is 11.5 Å². The van der Waals surface area contributed by atoms with Gasteiger partial charge < -0.3 is 18.9 Å². The number of esters is 3. The molecule has 1 heterocycles. The lowest BCUT2D eigenvalue weighted by molar-refractivity contribution is -0.222. The van der Waals surface area contributed by atoms with Crippen molar-refractivity contribution in [3.63, 3.8) is 0 Å². The van der Waals surface area contributed by atoms with Crippen molar-refractivity contribution in [2.24, 2.45) is 0 Å². The molecule has 2 aromatic carbocycles. The molecule has 162 valence electrons. The van der Waals surface area contributed by atoms with Crippen LogP contribution in [-0.4, -0.2) is 30.3 Å². The molecular weight excluding hydrogens is 447 g/mol. The number of hydrogen-bond acceptors (Lipinski definition) is 7. The minimum absolute atomic E-state index is 0.134. The third-order valence-electron chi connectivity index (χ3n) is 4.05. The quantitative estimate of drug-likeness (QED) is 0.271. The molecule has 1 aliphatic rings. The van der Waals surface area contributed by atoms with E-state index in [2.05, 4.69) is 0 Å². The predicted octanol–water partition coefficient (Wildman–Crippen LogP) is 4.83. The average Bonchev–Trinajstić information content (AvgIpc) is 2.66. The molecule has 7 nitrogen and oxygen atoms in total. The topological polar surface area (TPSA) is 88.1 Å². The molecule has 31 heavy (non-hydrogen) atoms. The standard InChI is InChI=1S/C22H18Cl2O7/c1-4-28-18-10-12(9-15-20(26)30-22(2,3)31-21(15)27)5-8-17(18)29-19(25)14-7-6-13(23)11-16(14)24/h5-11H,4H2,1-3H3. The molecule has 0 N–H and O–H groups in total. The van der Waals surface area contributed by atoms with Crippen LogP contribution in [0.4, 0.5) is 0 Å². The molecule has 1 aliphatic heterocycles. The van der Waals surface area contributed by atoms with Gasteiger partial charge in [-0.2, -0.15) is 0 Å². The van der Waals surface area contributed by atoms with Gasteiger partial charge in [0.1, 0.15) is 5.57 Å². The molecule has 0 spiro atoms. The number of halogens is 2. The lowest BCUT2D eigenvalue weighted by Gasteiger charge is -2.29. The summed E-state index contributed by atoms with van der Waals surface area (Å²) in [5.74, 6) is -3.26. The van der Waals surface area contributed by atoms with Crippen LogP contribution in [0.5, 0.6) is 11.5 Å². The second kappa shape index (κ2) is 8.99. The predicted molar refractivity (Wildman–Crippen MR) is 113 cm³/mol. The summed E-state index contributed by atoms with van der Waals surface area (Å²) < 4.78 is 21.1. The van der Waals surface area contributed by atoms with E-state index in [1.165, 1.54) is 50.3 Å². The van der Waals surface area contributed by atoms with E-state index in [9.17, 15) is 14.4 Å². The highest BCUT2D eigenvalue weighted by atomic mass is 35.5. The minimum Gasteiger partial charge on any atom is -0.490 e. The zero-order valence-electron chi connectivity index (χ0n) is 16.9. The van der Waals surface area contributed by atoms with Crippen LogP contribution >= 0.6 is 23.2 Å². The monoisotopic (exact) mass is 464 g/mol. The number of carbonyl (C=O) groups is 3. The van der Waals surface area contributed by atoms with E-state index in [0.29, 0.717) is 10.6 Å². The number of carbonyl (C=O) groups excluding carboxylic acids is 3. The van der Waals surface area contributed by atoms with Crippen LogP contribution in [0.15, 0.2) is 42.0 Å². The van der Waals surface area contributed by atoms with E-state index in [4.69, 9.17) is 42.1 Å². The molecule has 0 saturated carbocycles. The van der Waals surface area contributed by atoms with Gasteiger partial charge in [0, 0.05) is 18.9 Å². The Morgan fingerprint density at radius 1 is 1.03 bits per heavy atom. The highest BCUT2D eigenvalue weighted by Crippen LogP contribution is 2.32. The Balaban J connectivity index is 1.88. The van der Waals surface area contributed by atoms with Crippen molar-refractivity contribution in [3.05, 3.63) is 63.1 Å². The van der Waals surface area contributed by atoms with Crippen molar-refractivity contribution in [2.75, 3.05) is 6.61 Å². The smallest absolute Gasteiger partial charge is 0.348 e. The van der Waals surface area contributed by atoms with Gasteiger partial charge in [-0.25, -0.2) is 14.4 Å². The highest BCUT2D eigenvalue weighted by molar-refractivity contribution is 6.36. The molecule has 0 unspecified atom stereocenters. The first-order valence-electron chi connectivity index (χ1n) is 9.22. The Morgan fingerprint density at radius 3 is 2.32 bits per heavy atom. The normalized spacial score (nSPS) is 15.1. The number of benzene rings is 2. The molecule has 1 saturated heterocycles. The van der Waals surface area contributed by atoms with Crippen LogP contribution in [0, 0.1) is 0 Å². The SMILES string of the molecule is CCOc1cc(C=C2C(=O)OC(C)(C)OC2=O)ccc1OC(=O)c1ccc(Cl)cc1Cl. The summed E-state index contributed by atoms with van der Waals surface area (Å²) >= 11 is 11.9. The maximum Gasteiger partial charge on any atom is 0.348 e. The summed E-state index contributed by atoms with van der Waals surface area (Å²) in [6, 6.07) is 8.94. The number of ether oxygens (including phenoxy) is 4. The van der Waals surface area contributed by atoms with Crippen molar-refractivity contribution in [2.45, 2.75) is 26.6 Å². The summed E-state index contributed by atoms with van der Waals surface area (Å²) in [5.41, 5.74) is 0.311. The van der Waals surface area contributed by atoms with Crippen molar-refractivity contribution in [1.29, 1.82) is 0 Å². The van der Waals surface area contributed by atoms with E-state index in [-0.39, 0.29) is 34.3 Å². The third-order valence-corrected chi connectivity index (χ3v) is 4.60. The van der Waals surface area contributed by atoms with Gasteiger partial charge in [-0.05, 0) is 48.9 Å². The maximum absolute atomic E-state index is 12.5. The van der Waals surface area contributed by atoms with Gasteiger partial charge in [-0.3, -0.25) is 0 Å². The second-order valence-corrected chi connectivity index (χ2v) is 7.73. The molecule has 0 aliphatic carbocycles. The molecule has 0 atom stereocenters. The van der Waals surface area contributed by atoms with Crippen LogP contribution in [-0.2, 0) is 19.1 Å². The van der Waals surface area contributed by atoms with E-state index >= 15 is 0 Å². The first kappa shape index (κ1) is 22.7. The fourth-order valence-electron chi connectivity index (χ4n) is 2.72. The van der Waals surface area contributed by atoms with E-state index in [0.717, 1.165) is 0 Å². The summed E-state index contributed by atoms with van der Waals surface area (Å²) in [7, 11) is 0. The Labute approximate surface area is 188 Å². The van der Waals surface area contributed by atoms with E-state index in [1.54, 1.807) is 13.0 Å². The van der Waals surface area contributed by atoms with Crippen LogP contribution in [0.2, 0.25) is 10.0 Å². The van der Waals surface area contributed by atoms with Gasteiger partial charge >= 0.3 is 17.9 Å². The molecule has 0 aromatic heterocycles. The lowest BCUT2D eigenvalue weighted by atomic mass is 10.1. The molecule has 1 fully saturated rings. The first-order chi connectivity index (χ1) is 14.6.